The molecule has 3 saturated carbocycles. The Hall–Kier alpha value is -2.84. The van der Waals surface area contributed by atoms with E-state index in [1.807, 2.05) is 20.8 Å². The molecular weight excluding hydrogens is 479 g/mol. The second kappa shape index (κ2) is 10.1. The summed E-state index contributed by atoms with van der Waals surface area (Å²) in [6, 6.07) is 2.19. The number of hydrogen-bond donors (Lipinski definition) is 3. The van der Waals surface area contributed by atoms with Crippen LogP contribution < -0.4 is 20.1 Å². The Morgan fingerprint density at radius 3 is 2.30 bits per heavy atom. The average Bonchev–Trinajstić information content (AvgIpc) is 3.42. The van der Waals surface area contributed by atoms with Gasteiger partial charge in [0.2, 0.25) is 5.91 Å². The standard InChI is InChI=1S/C28H39FN2O6/c1-27(2,3)31-25(33)22-15-6-7-16(12-15)23(22)30-24(32)18-13-21(19(29)14-20(18)36-5)37-17-8-10-28(4,11-9-17)26(34)35/h13-17,22-23H,6-12H2,1-5H3,(H,30,32)(H,31,33)(H,34,35)/t15-,16+,17-,22+,23-,28+/m1/s1. The Morgan fingerprint density at radius 1 is 1.05 bits per heavy atom. The number of carboxylic acid groups (broad SMARTS) is 1. The fourth-order valence-corrected chi connectivity index (χ4v) is 6.27. The maximum Gasteiger partial charge on any atom is 0.309 e. The van der Waals surface area contributed by atoms with Gasteiger partial charge in [-0.05, 0) is 90.5 Å². The predicted molar refractivity (Wildman–Crippen MR) is 135 cm³/mol. The van der Waals surface area contributed by atoms with Crippen molar-refractivity contribution in [3.8, 4) is 11.5 Å². The van der Waals surface area contributed by atoms with Crippen molar-refractivity contribution in [2.45, 2.75) is 90.3 Å². The van der Waals surface area contributed by atoms with Crippen molar-refractivity contribution in [1.29, 1.82) is 0 Å². The largest absolute Gasteiger partial charge is 0.496 e. The Labute approximate surface area is 217 Å². The van der Waals surface area contributed by atoms with Crippen molar-refractivity contribution in [2.24, 2.45) is 23.2 Å². The summed E-state index contributed by atoms with van der Waals surface area (Å²) in [6.45, 7) is 7.52. The number of halogens is 1. The summed E-state index contributed by atoms with van der Waals surface area (Å²) < 4.78 is 26.1. The highest BCUT2D eigenvalue weighted by atomic mass is 19.1. The third-order valence-electron chi connectivity index (χ3n) is 8.36. The lowest BCUT2D eigenvalue weighted by molar-refractivity contribution is -0.150. The highest BCUT2D eigenvalue weighted by Gasteiger charge is 2.52. The number of nitrogens with one attached hydrogen (secondary N) is 2. The van der Waals surface area contributed by atoms with Crippen molar-refractivity contribution in [2.75, 3.05) is 7.11 Å². The second-order valence-electron chi connectivity index (χ2n) is 12.3. The second-order valence-corrected chi connectivity index (χ2v) is 12.3. The highest BCUT2D eigenvalue weighted by Crippen LogP contribution is 2.49. The molecule has 3 fully saturated rings. The van der Waals surface area contributed by atoms with Crippen LogP contribution in [0.3, 0.4) is 0 Å². The topological polar surface area (TPSA) is 114 Å². The SMILES string of the molecule is COc1cc(F)c(O[C@H]2CC[C@@](C)(C(=O)O)CC2)cc1C(=O)N[C@@H]1[C@H]2CC[C@H](C2)[C@@H]1C(=O)NC(C)(C)C. The predicted octanol–water partition coefficient (Wildman–Crippen LogP) is 4.31. The van der Waals surface area contributed by atoms with Gasteiger partial charge < -0.3 is 25.2 Å². The molecule has 3 aliphatic carbocycles. The summed E-state index contributed by atoms with van der Waals surface area (Å²) in [4.78, 5) is 38.1. The molecule has 0 radical (unpaired) electrons. The van der Waals surface area contributed by atoms with Gasteiger partial charge in [-0.15, -0.1) is 0 Å². The molecule has 0 unspecified atom stereocenters. The smallest absolute Gasteiger partial charge is 0.309 e. The molecule has 204 valence electrons. The third-order valence-corrected chi connectivity index (χ3v) is 8.36. The van der Waals surface area contributed by atoms with Gasteiger partial charge in [0.1, 0.15) is 5.75 Å². The number of rotatable bonds is 7. The first kappa shape index (κ1) is 27.2. The molecule has 0 spiro atoms. The zero-order valence-electron chi connectivity index (χ0n) is 22.4. The lowest BCUT2D eigenvalue weighted by Crippen LogP contribution is -2.53. The van der Waals surface area contributed by atoms with Crippen LogP contribution in [0.5, 0.6) is 11.5 Å². The number of methoxy groups -OCH3 is 1. The van der Waals surface area contributed by atoms with Crippen LogP contribution in [-0.2, 0) is 9.59 Å². The maximum atomic E-state index is 14.9. The van der Waals surface area contributed by atoms with E-state index in [2.05, 4.69) is 10.6 Å². The van der Waals surface area contributed by atoms with E-state index in [0.29, 0.717) is 25.7 Å². The Bertz CT molecular complexity index is 1060. The first-order valence-electron chi connectivity index (χ1n) is 13.2. The van der Waals surface area contributed by atoms with E-state index < -0.39 is 23.1 Å². The number of aliphatic carboxylic acids is 1. The molecule has 1 aromatic carbocycles. The number of benzene rings is 1. The first-order valence-corrected chi connectivity index (χ1v) is 13.2. The number of amides is 2. The molecule has 1 aromatic rings. The molecule has 0 saturated heterocycles. The van der Waals surface area contributed by atoms with Gasteiger partial charge in [-0.3, -0.25) is 14.4 Å². The molecule has 9 heteroatoms. The minimum atomic E-state index is -0.837. The lowest BCUT2D eigenvalue weighted by Gasteiger charge is -2.34. The number of ether oxygens (including phenoxy) is 2. The number of carboxylic acids is 1. The molecule has 2 bridgehead atoms. The lowest BCUT2D eigenvalue weighted by atomic mass is 9.75. The molecule has 2 amide bonds. The monoisotopic (exact) mass is 518 g/mol. The van der Waals surface area contributed by atoms with Crippen LogP contribution in [0, 0.1) is 29.0 Å². The molecule has 8 nitrogen and oxygen atoms in total. The van der Waals surface area contributed by atoms with Crippen molar-refractivity contribution in [3.63, 3.8) is 0 Å². The average molecular weight is 519 g/mol. The molecule has 3 N–H and O–H groups in total. The number of fused-ring (bicyclic) bond motifs is 2. The van der Waals surface area contributed by atoms with Crippen LogP contribution >= 0.6 is 0 Å². The van der Waals surface area contributed by atoms with Crippen LogP contribution in [0.25, 0.3) is 0 Å². The minimum Gasteiger partial charge on any atom is -0.496 e. The quantitative estimate of drug-likeness (QED) is 0.496. The summed E-state index contributed by atoms with van der Waals surface area (Å²) in [5.74, 6) is -1.81. The van der Waals surface area contributed by atoms with Gasteiger partial charge in [0.25, 0.3) is 5.91 Å². The zero-order chi connectivity index (χ0) is 27.1. The number of hydrogen-bond acceptors (Lipinski definition) is 5. The Kier molecular flexibility index (Phi) is 7.45. The normalized spacial score (nSPS) is 31.0. The molecular formula is C28H39FN2O6. The van der Waals surface area contributed by atoms with Gasteiger partial charge >= 0.3 is 5.97 Å². The maximum absolute atomic E-state index is 14.9. The van der Waals surface area contributed by atoms with Crippen LogP contribution in [0.15, 0.2) is 12.1 Å². The number of carbonyl (C=O) groups excluding carboxylic acids is 2. The van der Waals surface area contributed by atoms with Crippen LogP contribution in [0.1, 0.15) is 83.0 Å². The van der Waals surface area contributed by atoms with E-state index in [-0.39, 0.29) is 58.4 Å². The van der Waals surface area contributed by atoms with Crippen LogP contribution in [-0.4, -0.2) is 47.7 Å². The van der Waals surface area contributed by atoms with Gasteiger partial charge in [0, 0.05) is 17.6 Å². The summed E-state index contributed by atoms with van der Waals surface area (Å²) in [5.41, 5.74) is -1.04. The van der Waals surface area contributed by atoms with Gasteiger partial charge in [-0.25, -0.2) is 4.39 Å². The fourth-order valence-electron chi connectivity index (χ4n) is 6.27. The van der Waals surface area contributed by atoms with Crippen LogP contribution in [0.4, 0.5) is 4.39 Å². The van der Waals surface area contributed by atoms with E-state index in [1.54, 1.807) is 6.92 Å². The zero-order valence-corrected chi connectivity index (χ0v) is 22.4. The van der Waals surface area contributed by atoms with E-state index >= 15 is 0 Å². The van der Waals surface area contributed by atoms with Crippen molar-refractivity contribution in [1.82, 2.24) is 10.6 Å². The summed E-state index contributed by atoms with van der Waals surface area (Å²) in [6.07, 6.45) is 4.30. The van der Waals surface area contributed by atoms with E-state index in [9.17, 15) is 23.9 Å². The minimum absolute atomic E-state index is 0.0502. The van der Waals surface area contributed by atoms with Gasteiger partial charge in [-0.1, -0.05) is 0 Å². The van der Waals surface area contributed by atoms with Crippen molar-refractivity contribution < 1.29 is 33.4 Å². The summed E-state index contributed by atoms with van der Waals surface area (Å²) in [7, 11) is 1.37. The number of carbonyl (C=O) groups is 3. The summed E-state index contributed by atoms with van der Waals surface area (Å²) in [5, 5.41) is 15.6. The van der Waals surface area contributed by atoms with E-state index in [4.69, 9.17) is 9.47 Å². The first-order chi connectivity index (χ1) is 17.3. The van der Waals surface area contributed by atoms with Crippen molar-refractivity contribution in [3.05, 3.63) is 23.5 Å². The molecule has 0 aromatic heterocycles. The molecule has 0 heterocycles. The van der Waals surface area contributed by atoms with Gasteiger partial charge in [-0.2, -0.15) is 0 Å². The fraction of sp³-hybridized carbons (Fsp3) is 0.679. The summed E-state index contributed by atoms with van der Waals surface area (Å²) >= 11 is 0. The van der Waals surface area contributed by atoms with E-state index in [1.165, 1.54) is 13.2 Å². The highest BCUT2D eigenvalue weighted by molar-refractivity contribution is 5.98. The Morgan fingerprint density at radius 2 is 1.70 bits per heavy atom. The molecule has 0 aliphatic heterocycles. The Balaban J connectivity index is 1.51. The van der Waals surface area contributed by atoms with Gasteiger partial charge in [0.05, 0.1) is 30.1 Å². The van der Waals surface area contributed by atoms with Crippen molar-refractivity contribution >= 4 is 17.8 Å². The molecule has 3 aliphatic rings. The van der Waals surface area contributed by atoms with E-state index in [0.717, 1.165) is 25.3 Å². The van der Waals surface area contributed by atoms with Crippen LogP contribution in [0.2, 0.25) is 0 Å². The molecule has 4 rings (SSSR count). The molecule has 37 heavy (non-hydrogen) atoms. The molecule has 4 atom stereocenters. The van der Waals surface area contributed by atoms with Gasteiger partial charge in [0.15, 0.2) is 11.6 Å². The third kappa shape index (κ3) is 5.70.